The summed E-state index contributed by atoms with van der Waals surface area (Å²) in [7, 11) is 1.55. The zero-order chi connectivity index (χ0) is 13.4. The molecule has 0 spiro atoms. The van der Waals surface area contributed by atoms with E-state index in [1.807, 2.05) is 0 Å². The van der Waals surface area contributed by atoms with Crippen LogP contribution in [0.3, 0.4) is 0 Å². The van der Waals surface area contributed by atoms with Gasteiger partial charge in [0.05, 0.1) is 25.2 Å². The highest BCUT2D eigenvalue weighted by Crippen LogP contribution is 2.13. The fourth-order valence-electron chi connectivity index (χ4n) is 1.20. The fourth-order valence-corrected chi connectivity index (χ4v) is 1.44. The van der Waals surface area contributed by atoms with Gasteiger partial charge < -0.3 is 14.2 Å². The second kappa shape index (κ2) is 8.19. The van der Waals surface area contributed by atoms with Gasteiger partial charge in [-0.15, -0.1) is 23.2 Å². The molecule has 0 bridgehead atoms. The average molecular weight is 293 g/mol. The molecule has 1 rings (SSSR count). The number of ether oxygens (including phenoxy) is 3. The van der Waals surface area contributed by atoms with E-state index in [9.17, 15) is 4.79 Å². The van der Waals surface area contributed by atoms with Gasteiger partial charge in [-0.2, -0.15) is 0 Å². The maximum Gasteiger partial charge on any atom is 0.340 e. The Morgan fingerprint density at radius 1 is 1.28 bits per heavy atom. The number of esters is 1. The molecule has 0 radical (unpaired) electrons. The van der Waals surface area contributed by atoms with Crippen molar-refractivity contribution >= 4 is 29.2 Å². The van der Waals surface area contributed by atoms with Crippen LogP contribution in [0.4, 0.5) is 0 Å². The molecule has 18 heavy (non-hydrogen) atoms. The second-order valence-corrected chi connectivity index (χ2v) is 3.96. The summed E-state index contributed by atoms with van der Waals surface area (Å²) in [6.07, 6.45) is -0.792. The van der Waals surface area contributed by atoms with E-state index in [1.54, 1.807) is 31.4 Å². The molecule has 0 aliphatic heterocycles. The highest BCUT2D eigenvalue weighted by atomic mass is 35.5. The van der Waals surface area contributed by atoms with Crippen molar-refractivity contribution in [1.29, 1.82) is 0 Å². The minimum absolute atomic E-state index is 0.0543. The number of carbonyl (C=O) groups is 1. The standard InChI is InChI=1S/C12H14Cl2O4/c1-16-10-4-2-9(3-5-10)12(15)18-11(8-14)17-7-6-13/h2-5,11H,6-8H2,1H3/t11-/m1/s1. The first kappa shape index (κ1) is 15.1. The van der Waals surface area contributed by atoms with Gasteiger partial charge in [-0.25, -0.2) is 4.79 Å². The first-order chi connectivity index (χ1) is 8.71. The molecule has 1 aromatic carbocycles. The predicted octanol–water partition coefficient (Wildman–Crippen LogP) is 2.67. The van der Waals surface area contributed by atoms with Gasteiger partial charge in [0.25, 0.3) is 0 Å². The zero-order valence-electron chi connectivity index (χ0n) is 9.90. The Bertz CT molecular complexity index is 367. The molecule has 100 valence electrons. The van der Waals surface area contributed by atoms with Crippen LogP contribution in [0.5, 0.6) is 5.75 Å². The molecule has 1 aromatic rings. The summed E-state index contributed by atoms with van der Waals surface area (Å²) in [5.74, 6) is 0.531. The number of benzene rings is 1. The van der Waals surface area contributed by atoms with Gasteiger partial charge in [-0.3, -0.25) is 0 Å². The highest BCUT2D eigenvalue weighted by molar-refractivity contribution is 6.18. The van der Waals surface area contributed by atoms with E-state index < -0.39 is 12.3 Å². The SMILES string of the molecule is COc1ccc(C(=O)O[C@H](CCl)OCCCl)cc1. The summed E-state index contributed by atoms with van der Waals surface area (Å²) in [6, 6.07) is 6.56. The van der Waals surface area contributed by atoms with E-state index in [-0.39, 0.29) is 12.5 Å². The van der Waals surface area contributed by atoms with Crippen LogP contribution < -0.4 is 4.74 Å². The average Bonchev–Trinajstić information content (AvgIpc) is 2.43. The van der Waals surface area contributed by atoms with Crippen LogP contribution in [-0.4, -0.2) is 37.7 Å². The Labute approximate surface area is 116 Å². The maximum atomic E-state index is 11.7. The molecular formula is C12H14Cl2O4. The van der Waals surface area contributed by atoms with E-state index in [2.05, 4.69) is 0 Å². The number of hydrogen-bond acceptors (Lipinski definition) is 4. The van der Waals surface area contributed by atoms with Gasteiger partial charge in [0.2, 0.25) is 6.29 Å². The second-order valence-electron chi connectivity index (χ2n) is 3.28. The highest BCUT2D eigenvalue weighted by Gasteiger charge is 2.15. The van der Waals surface area contributed by atoms with Crippen molar-refractivity contribution in [2.24, 2.45) is 0 Å². The third kappa shape index (κ3) is 4.72. The van der Waals surface area contributed by atoms with Crippen LogP contribution >= 0.6 is 23.2 Å². The topological polar surface area (TPSA) is 44.8 Å². The first-order valence-corrected chi connectivity index (χ1v) is 6.36. The molecule has 0 aliphatic carbocycles. The van der Waals surface area contributed by atoms with Crippen LogP contribution in [0, 0.1) is 0 Å². The molecular weight excluding hydrogens is 279 g/mol. The van der Waals surface area contributed by atoms with Gasteiger partial charge in [0.1, 0.15) is 5.75 Å². The van der Waals surface area contributed by atoms with Crippen LogP contribution in [0.2, 0.25) is 0 Å². The molecule has 0 aromatic heterocycles. The Balaban J connectivity index is 2.56. The minimum atomic E-state index is -0.792. The molecule has 0 unspecified atom stereocenters. The summed E-state index contributed by atoms with van der Waals surface area (Å²) >= 11 is 11.1. The number of alkyl halides is 2. The van der Waals surface area contributed by atoms with Crippen molar-refractivity contribution in [2.45, 2.75) is 6.29 Å². The molecule has 0 fully saturated rings. The monoisotopic (exact) mass is 292 g/mol. The van der Waals surface area contributed by atoms with Gasteiger partial charge >= 0.3 is 5.97 Å². The Morgan fingerprint density at radius 3 is 2.44 bits per heavy atom. The van der Waals surface area contributed by atoms with Crippen LogP contribution in [0.1, 0.15) is 10.4 Å². The van der Waals surface area contributed by atoms with Gasteiger partial charge in [0, 0.05) is 5.88 Å². The third-order valence-corrected chi connectivity index (χ3v) is 2.48. The largest absolute Gasteiger partial charge is 0.497 e. The number of carbonyl (C=O) groups excluding carboxylic acids is 1. The summed E-state index contributed by atoms with van der Waals surface area (Å²) in [6.45, 7) is 0.273. The van der Waals surface area contributed by atoms with Gasteiger partial charge in [-0.05, 0) is 24.3 Å². The van der Waals surface area contributed by atoms with Crippen molar-refractivity contribution in [3.05, 3.63) is 29.8 Å². The normalized spacial score (nSPS) is 11.9. The smallest absolute Gasteiger partial charge is 0.340 e. The predicted molar refractivity (Wildman–Crippen MR) is 69.6 cm³/mol. The Kier molecular flexibility index (Phi) is 6.86. The van der Waals surface area contributed by atoms with Crippen LogP contribution in [-0.2, 0) is 9.47 Å². The molecule has 4 nitrogen and oxygen atoms in total. The van der Waals surface area contributed by atoms with Gasteiger partial charge in [0.15, 0.2) is 0 Å². The quantitative estimate of drug-likeness (QED) is 0.440. The van der Waals surface area contributed by atoms with Crippen molar-refractivity contribution in [2.75, 3.05) is 25.5 Å². The maximum absolute atomic E-state index is 11.7. The number of rotatable bonds is 7. The Hall–Kier alpha value is -0.970. The van der Waals surface area contributed by atoms with E-state index in [1.165, 1.54) is 0 Å². The molecule has 0 N–H and O–H groups in total. The minimum Gasteiger partial charge on any atom is -0.497 e. The van der Waals surface area contributed by atoms with E-state index in [0.717, 1.165) is 0 Å². The summed E-state index contributed by atoms with van der Waals surface area (Å²) in [5.41, 5.74) is 0.403. The van der Waals surface area contributed by atoms with Crippen molar-refractivity contribution in [3.63, 3.8) is 0 Å². The van der Waals surface area contributed by atoms with Gasteiger partial charge in [-0.1, -0.05) is 0 Å². The lowest BCUT2D eigenvalue weighted by atomic mass is 10.2. The molecule has 0 amide bonds. The number of halogens is 2. The van der Waals surface area contributed by atoms with Crippen molar-refractivity contribution < 1.29 is 19.0 Å². The molecule has 0 heterocycles. The lowest BCUT2D eigenvalue weighted by molar-refractivity contribution is -0.0913. The fraction of sp³-hybridized carbons (Fsp3) is 0.417. The molecule has 6 heteroatoms. The summed E-state index contributed by atoms with van der Waals surface area (Å²) < 4.78 is 15.2. The molecule has 0 saturated heterocycles. The Morgan fingerprint density at radius 2 is 1.94 bits per heavy atom. The van der Waals surface area contributed by atoms with Crippen LogP contribution in [0.25, 0.3) is 0 Å². The summed E-state index contributed by atoms with van der Waals surface area (Å²) in [5, 5.41) is 0. The van der Waals surface area contributed by atoms with Crippen LogP contribution in [0.15, 0.2) is 24.3 Å². The number of methoxy groups -OCH3 is 1. The van der Waals surface area contributed by atoms with E-state index in [4.69, 9.17) is 37.4 Å². The molecule has 0 aliphatic rings. The summed E-state index contributed by atoms with van der Waals surface area (Å²) in [4.78, 5) is 11.7. The lowest BCUT2D eigenvalue weighted by Crippen LogP contribution is -2.24. The van der Waals surface area contributed by atoms with Crippen molar-refractivity contribution in [1.82, 2.24) is 0 Å². The molecule has 1 atom stereocenters. The lowest BCUT2D eigenvalue weighted by Gasteiger charge is -2.15. The zero-order valence-corrected chi connectivity index (χ0v) is 11.4. The van der Waals surface area contributed by atoms with E-state index in [0.29, 0.717) is 17.2 Å². The first-order valence-electron chi connectivity index (χ1n) is 5.29. The van der Waals surface area contributed by atoms with Crippen molar-refractivity contribution in [3.8, 4) is 5.75 Å². The third-order valence-electron chi connectivity index (χ3n) is 2.07. The molecule has 0 saturated carbocycles. The van der Waals surface area contributed by atoms with E-state index >= 15 is 0 Å². The number of hydrogen-bond donors (Lipinski definition) is 0.